The third-order valence-electron chi connectivity index (χ3n) is 10.6. The molecule has 4 aromatic rings. The summed E-state index contributed by atoms with van der Waals surface area (Å²) in [7, 11) is 0. The monoisotopic (exact) mass is 799 g/mol. The molecule has 0 bridgehead atoms. The second-order valence-corrected chi connectivity index (χ2v) is 16.7. The lowest BCUT2D eigenvalue weighted by atomic mass is 9.85. The number of aryl methyl sites for hydroxylation is 1. The molecule has 1 unspecified atom stereocenters. The molecule has 2 aromatic heterocycles. The van der Waals surface area contributed by atoms with E-state index in [2.05, 4.69) is 35.6 Å². The Kier molecular flexibility index (Phi) is 12.8. The SMILES string of the molecule is CC(=O)O[C@@H]1C[C@@H](C(=O)N[C@@H](C)c2ccc(-c3scnc3C)cc2)N(C(=O)[C@@H](NC(O)CN2CCN(c3cc(-c4ccccc4O)nnc3N)CC2)C(C)(C)C)C1. The quantitative estimate of drug-likeness (QED) is 0.103. The van der Waals surface area contributed by atoms with Crippen LogP contribution >= 0.6 is 11.3 Å². The molecular weight excluding hydrogens is 747 g/mol. The summed E-state index contributed by atoms with van der Waals surface area (Å²) in [6.07, 6.45) is -1.57. The van der Waals surface area contributed by atoms with Crippen LogP contribution in [0.1, 0.15) is 58.3 Å². The van der Waals surface area contributed by atoms with Gasteiger partial charge < -0.3 is 35.8 Å². The molecule has 6 rings (SSSR count). The van der Waals surface area contributed by atoms with Crippen molar-refractivity contribution in [2.24, 2.45) is 5.41 Å². The molecule has 2 aliphatic rings. The number of phenolic OH excluding ortho intramolecular Hbond substituents is 1. The smallest absolute Gasteiger partial charge is 0.302 e. The zero-order chi connectivity index (χ0) is 41.0. The number of aliphatic hydroxyl groups is 1. The van der Waals surface area contributed by atoms with Gasteiger partial charge in [-0.05, 0) is 48.6 Å². The first-order valence-corrected chi connectivity index (χ1v) is 20.1. The van der Waals surface area contributed by atoms with Crippen LogP contribution in [0, 0.1) is 12.3 Å². The summed E-state index contributed by atoms with van der Waals surface area (Å²) in [6, 6.07) is 14.6. The summed E-state index contributed by atoms with van der Waals surface area (Å²) in [6.45, 7) is 13.6. The molecule has 0 aliphatic carbocycles. The number of carbonyl (C=O) groups excluding carboxylic acids is 3. The molecule has 57 heavy (non-hydrogen) atoms. The summed E-state index contributed by atoms with van der Waals surface area (Å²) < 4.78 is 5.53. The van der Waals surface area contributed by atoms with Gasteiger partial charge in [-0.15, -0.1) is 21.5 Å². The van der Waals surface area contributed by atoms with Crippen LogP contribution in [0.25, 0.3) is 21.7 Å². The Morgan fingerprint density at radius 3 is 2.39 bits per heavy atom. The lowest BCUT2D eigenvalue weighted by Crippen LogP contribution is -2.60. The molecule has 5 atom stereocenters. The van der Waals surface area contributed by atoms with Gasteiger partial charge in [-0.2, -0.15) is 0 Å². The van der Waals surface area contributed by atoms with E-state index in [1.807, 2.05) is 76.5 Å². The Labute approximate surface area is 337 Å². The molecule has 0 saturated carbocycles. The van der Waals surface area contributed by atoms with E-state index in [0.717, 1.165) is 21.7 Å². The first-order chi connectivity index (χ1) is 27.1. The van der Waals surface area contributed by atoms with Gasteiger partial charge >= 0.3 is 5.97 Å². The molecular formula is C41H53N9O6S. The Morgan fingerprint density at radius 1 is 1.05 bits per heavy atom. The molecule has 15 nitrogen and oxygen atoms in total. The number of hydrogen-bond donors (Lipinski definition) is 5. The number of aromatic nitrogens is 3. The van der Waals surface area contributed by atoms with Crippen LogP contribution in [-0.2, 0) is 19.1 Å². The Balaban J connectivity index is 1.09. The number of esters is 1. The number of phenols is 1. The number of β-amino-alcohol motifs (C(OH)–C–C–N with tert-alkyl or cyclic N) is 1. The number of aromatic hydroxyl groups is 1. The lowest BCUT2D eigenvalue weighted by Gasteiger charge is -2.39. The number of para-hydroxylation sites is 1. The number of nitrogens with one attached hydrogen (secondary N) is 2. The average molecular weight is 800 g/mol. The standard InChI is InChI=1S/C41H53N9O6S/c1-24(27-11-13-28(14-12-27)36-25(2)43-23-57-36)44-39(54)33-19-29(56-26(3)51)21-50(33)40(55)37(41(4,5)6)45-35(53)22-48-15-17-49(18-16-48)32-20-31(46-47-38(32)42)30-9-7-8-10-34(30)52/h7-14,20,23-24,29,33,35,37,45,52-53H,15-19,21-22H2,1-6H3,(H2,42,47)(H,44,54)/t24-,29+,33-,35?,37+/m0/s1. The number of hydrogen-bond acceptors (Lipinski definition) is 14. The number of aliphatic hydroxyl groups excluding tert-OH is 1. The highest BCUT2D eigenvalue weighted by Crippen LogP contribution is 2.33. The maximum Gasteiger partial charge on any atom is 0.302 e. The van der Waals surface area contributed by atoms with Gasteiger partial charge in [-0.1, -0.05) is 57.2 Å². The van der Waals surface area contributed by atoms with Crippen molar-refractivity contribution in [1.82, 2.24) is 35.6 Å². The minimum atomic E-state index is -1.07. The van der Waals surface area contributed by atoms with Crippen molar-refractivity contribution in [3.63, 3.8) is 0 Å². The van der Waals surface area contributed by atoms with Gasteiger partial charge in [0.15, 0.2) is 5.82 Å². The topological polar surface area (TPSA) is 199 Å². The Morgan fingerprint density at radius 2 is 1.75 bits per heavy atom. The summed E-state index contributed by atoms with van der Waals surface area (Å²) in [4.78, 5) is 51.5. The number of nitrogens with two attached hydrogens (primary N) is 1. The molecule has 304 valence electrons. The minimum Gasteiger partial charge on any atom is -0.507 e. The van der Waals surface area contributed by atoms with Crippen LogP contribution in [0.3, 0.4) is 0 Å². The van der Waals surface area contributed by atoms with Gasteiger partial charge in [-0.3, -0.25) is 24.6 Å². The first-order valence-electron chi connectivity index (χ1n) is 19.2. The highest BCUT2D eigenvalue weighted by Gasteiger charge is 2.46. The first kappa shape index (κ1) is 41.5. The second kappa shape index (κ2) is 17.5. The number of piperazine rings is 1. The van der Waals surface area contributed by atoms with Crippen LogP contribution in [-0.4, -0.2) is 117 Å². The molecule has 16 heteroatoms. The third-order valence-corrected chi connectivity index (χ3v) is 11.5. The van der Waals surface area contributed by atoms with Crippen molar-refractivity contribution >= 4 is 40.6 Å². The highest BCUT2D eigenvalue weighted by molar-refractivity contribution is 7.13. The Bertz CT molecular complexity index is 2050. The molecule has 2 amide bonds. The number of benzene rings is 2. The van der Waals surface area contributed by atoms with E-state index < -0.39 is 35.8 Å². The number of likely N-dealkylation sites (tertiary alicyclic amines) is 1. The van der Waals surface area contributed by atoms with Crippen LogP contribution in [0.4, 0.5) is 11.5 Å². The van der Waals surface area contributed by atoms with Crippen molar-refractivity contribution in [3.05, 3.63) is 71.4 Å². The van der Waals surface area contributed by atoms with Crippen LogP contribution < -0.4 is 21.3 Å². The molecule has 2 saturated heterocycles. The van der Waals surface area contributed by atoms with E-state index >= 15 is 0 Å². The summed E-state index contributed by atoms with van der Waals surface area (Å²) in [5.74, 6) is -0.816. The molecule has 2 fully saturated rings. The van der Waals surface area contributed by atoms with Gasteiger partial charge in [-0.25, -0.2) is 4.98 Å². The van der Waals surface area contributed by atoms with Crippen LogP contribution in [0.15, 0.2) is 60.1 Å². The number of amides is 2. The molecule has 2 aliphatic heterocycles. The Hall–Kier alpha value is -5.16. The van der Waals surface area contributed by atoms with E-state index in [-0.39, 0.29) is 48.9 Å². The number of thiazole rings is 1. The lowest BCUT2D eigenvalue weighted by molar-refractivity contribution is -0.147. The van der Waals surface area contributed by atoms with Gasteiger partial charge in [0.1, 0.15) is 24.1 Å². The number of rotatable bonds is 12. The summed E-state index contributed by atoms with van der Waals surface area (Å²) in [5, 5.41) is 36.3. The second-order valence-electron chi connectivity index (χ2n) is 15.9. The molecule has 0 radical (unpaired) electrons. The maximum absolute atomic E-state index is 14.5. The van der Waals surface area contributed by atoms with E-state index in [0.29, 0.717) is 43.1 Å². The number of nitrogens with zero attached hydrogens (tertiary/aromatic N) is 6. The minimum absolute atomic E-state index is 0.0543. The van der Waals surface area contributed by atoms with Crippen molar-refractivity contribution in [2.75, 3.05) is 49.9 Å². The fourth-order valence-electron chi connectivity index (χ4n) is 7.49. The summed E-state index contributed by atoms with van der Waals surface area (Å²) in [5.41, 5.74) is 12.1. The average Bonchev–Trinajstić information content (AvgIpc) is 3.80. The van der Waals surface area contributed by atoms with Crippen LogP contribution in [0.2, 0.25) is 0 Å². The normalized spacial score (nSPS) is 19.2. The predicted octanol–water partition coefficient (Wildman–Crippen LogP) is 3.72. The zero-order valence-electron chi connectivity index (χ0n) is 33.3. The largest absolute Gasteiger partial charge is 0.507 e. The molecule has 6 N–H and O–H groups in total. The van der Waals surface area contributed by atoms with Crippen molar-refractivity contribution in [2.45, 2.75) is 78.4 Å². The maximum atomic E-state index is 14.5. The fourth-order valence-corrected chi connectivity index (χ4v) is 8.30. The van der Waals surface area contributed by atoms with Crippen molar-refractivity contribution in [1.29, 1.82) is 0 Å². The highest BCUT2D eigenvalue weighted by atomic mass is 32.1. The van der Waals surface area contributed by atoms with E-state index in [9.17, 15) is 24.6 Å². The van der Waals surface area contributed by atoms with Crippen molar-refractivity contribution in [3.8, 4) is 27.4 Å². The fraction of sp³-hybridized carbons (Fsp3) is 0.463. The number of nitrogen functional groups attached to an aromatic ring is 1. The van der Waals surface area contributed by atoms with Gasteiger partial charge in [0.05, 0.1) is 46.1 Å². The predicted molar refractivity (Wildman–Crippen MR) is 219 cm³/mol. The number of ether oxygens (including phenoxy) is 1. The third kappa shape index (κ3) is 9.87. The van der Waals surface area contributed by atoms with Crippen molar-refractivity contribution < 1.29 is 29.3 Å². The van der Waals surface area contributed by atoms with Gasteiger partial charge in [0.25, 0.3) is 0 Å². The summed E-state index contributed by atoms with van der Waals surface area (Å²) >= 11 is 1.57. The van der Waals surface area contributed by atoms with E-state index in [1.165, 1.54) is 11.8 Å². The molecule has 2 aromatic carbocycles. The van der Waals surface area contributed by atoms with Gasteiger partial charge in [0.2, 0.25) is 11.8 Å². The molecule has 4 heterocycles. The number of anilines is 2. The zero-order valence-corrected chi connectivity index (χ0v) is 34.1. The van der Waals surface area contributed by atoms with Crippen LogP contribution in [0.5, 0.6) is 5.75 Å². The van der Waals surface area contributed by atoms with E-state index in [4.69, 9.17) is 10.5 Å². The molecule has 0 spiro atoms. The van der Waals surface area contributed by atoms with E-state index in [1.54, 1.807) is 29.5 Å². The number of carbonyl (C=O) groups is 3. The van der Waals surface area contributed by atoms with Gasteiger partial charge in [0, 0.05) is 51.6 Å².